The van der Waals surface area contributed by atoms with E-state index in [0.29, 0.717) is 11.6 Å². The Kier molecular flexibility index (Phi) is 6.51. The molecule has 1 saturated heterocycles. The van der Waals surface area contributed by atoms with Crippen LogP contribution in [0.15, 0.2) is 0 Å². The molecule has 2 fully saturated rings. The van der Waals surface area contributed by atoms with Gasteiger partial charge in [-0.3, -0.25) is 4.90 Å². The molecule has 21 heavy (non-hydrogen) atoms. The molecule has 0 spiro atoms. The van der Waals surface area contributed by atoms with E-state index < -0.39 is 0 Å². The highest BCUT2D eigenvalue weighted by atomic mass is 16.5. The van der Waals surface area contributed by atoms with Crippen molar-refractivity contribution in [2.45, 2.75) is 71.4 Å². The number of hydrogen-bond acceptors (Lipinski definition) is 3. The first kappa shape index (κ1) is 17.2. The molecule has 1 aliphatic heterocycles. The van der Waals surface area contributed by atoms with Gasteiger partial charge < -0.3 is 10.1 Å². The summed E-state index contributed by atoms with van der Waals surface area (Å²) in [6.45, 7) is 14.5. The van der Waals surface area contributed by atoms with Crippen LogP contribution < -0.4 is 5.32 Å². The number of rotatable bonds is 9. The minimum Gasteiger partial charge on any atom is -0.380 e. The lowest BCUT2D eigenvalue weighted by molar-refractivity contribution is 0.0334. The third kappa shape index (κ3) is 5.22. The molecule has 0 aromatic rings. The zero-order chi connectivity index (χ0) is 15.3. The second-order valence-corrected chi connectivity index (χ2v) is 7.78. The molecule has 1 heterocycles. The molecule has 2 rings (SSSR count). The van der Waals surface area contributed by atoms with Gasteiger partial charge in [-0.2, -0.15) is 0 Å². The third-order valence-electron chi connectivity index (χ3n) is 5.25. The summed E-state index contributed by atoms with van der Waals surface area (Å²) in [7, 11) is 0. The van der Waals surface area contributed by atoms with Gasteiger partial charge in [-0.25, -0.2) is 0 Å². The summed E-state index contributed by atoms with van der Waals surface area (Å²) in [5, 5.41) is 3.86. The van der Waals surface area contributed by atoms with Gasteiger partial charge >= 0.3 is 0 Å². The van der Waals surface area contributed by atoms with E-state index in [1.54, 1.807) is 0 Å². The van der Waals surface area contributed by atoms with Crippen molar-refractivity contribution in [3.63, 3.8) is 0 Å². The molecular formula is C18H36N2O. The maximum atomic E-state index is 5.86. The summed E-state index contributed by atoms with van der Waals surface area (Å²) >= 11 is 0. The van der Waals surface area contributed by atoms with Gasteiger partial charge in [-0.05, 0) is 44.4 Å². The van der Waals surface area contributed by atoms with E-state index in [2.05, 4.69) is 37.9 Å². The molecule has 0 aromatic carbocycles. The first-order valence-corrected chi connectivity index (χ1v) is 9.12. The largest absolute Gasteiger partial charge is 0.380 e. The van der Waals surface area contributed by atoms with Crippen LogP contribution in [0.25, 0.3) is 0 Å². The highest BCUT2D eigenvalue weighted by molar-refractivity contribution is 5.04. The van der Waals surface area contributed by atoms with Gasteiger partial charge in [0.1, 0.15) is 0 Å². The van der Waals surface area contributed by atoms with Crippen molar-refractivity contribution in [2.75, 3.05) is 32.8 Å². The number of ether oxygens (including phenoxy) is 1. The zero-order valence-electron chi connectivity index (χ0n) is 14.7. The van der Waals surface area contributed by atoms with Crippen LogP contribution in [0, 0.1) is 11.8 Å². The average Bonchev–Trinajstić information content (AvgIpc) is 3.26. The summed E-state index contributed by atoms with van der Waals surface area (Å²) in [5.74, 6) is 1.65. The Hall–Kier alpha value is -0.120. The number of piperazine rings is 1. The second-order valence-electron chi connectivity index (χ2n) is 7.78. The van der Waals surface area contributed by atoms with Crippen LogP contribution in [0.2, 0.25) is 0 Å². The predicted molar refractivity (Wildman–Crippen MR) is 89.7 cm³/mol. The molecule has 0 amide bonds. The van der Waals surface area contributed by atoms with Crippen LogP contribution in [0.1, 0.15) is 59.8 Å². The van der Waals surface area contributed by atoms with Gasteiger partial charge in [0.05, 0.1) is 6.61 Å². The average molecular weight is 296 g/mol. The van der Waals surface area contributed by atoms with Crippen molar-refractivity contribution in [1.29, 1.82) is 0 Å². The molecule has 0 bridgehead atoms. The first-order chi connectivity index (χ1) is 10.0. The maximum Gasteiger partial charge on any atom is 0.0593 e. The lowest BCUT2D eigenvalue weighted by atomic mass is 9.90. The molecular weight excluding hydrogens is 260 g/mol. The van der Waals surface area contributed by atoms with Gasteiger partial charge in [0.25, 0.3) is 0 Å². The minimum absolute atomic E-state index is 0.349. The van der Waals surface area contributed by atoms with Crippen molar-refractivity contribution in [2.24, 2.45) is 11.8 Å². The highest BCUT2D eigenvalue weighted by Crippen LogP contribution is 2.41. The lowest BCUT2D eigenvalue weighted by Gasteiger charge is -2.47. The summed E-state index contributed by atoms with van der Waals surface area (Å²) in [6, 6.07) is 0.704. The SMILES string of the molecule is CCCC1CNC(C)(C2CC2)CN1CCOCCC(C)C. The molecule has 124 valence electrons. The number of nitrogens with zero attached hydrogens (tertiary/aromatic N) is 1. The van der Waals surface area contributed by atoms with Crippen molar-refractivity contribution in [3.05, 3.63) is 0 Å². The predicted octanol–water partition coefficient (Wildman–Crippen LogP) is 3.29. The van der Waals surface area contributed by atoms with Gasteiger partial charge in [-0.1, -0.05) is 27.2 Å². The number of hydrogen-bond donors (Lipinski definition) is 1. The van der Waals surface area contributed by atoms with Crippen molar-refractivity contribution >= 4 is 0 Å². The topological polar surface area (TPSA) is 24.5 Å². The number of nitrogens with one attached hydrogen (secondary N) is 1. The molecule has 0 radical (unpaired) electrons. The zero-order valence-corrected chi connectivity index (χ0v) is 14.7. The Balaban J connectivity index is 1.77. The van der Waals surface area contributed by atoms with Crippen LogP contribution in [0.3, 0.4) is 0 Å². The van der Waals surface area contributed by atoms with Crippen LogP contribution in [0.4, 0.5) is 0 Å². The first-order valence-electron chi connectivity index (χ1n) is 9.12. The third-order valence-corrected chi connectivity index (χ3v) is 5.25. The normalized spacial score (nSPS) is 31.0. The molecule has 3 nitrogen and oxygen atoms in total. The molecule has 3 heteroatoms. The van der Waals surface area contributed by atoms with Crippen LogP contribution in [0.5, 0.6) is 0 Å². The van der Waals surface area contributed by atoms with E-state index in [1.807, 2.05) is 0 Å². The van der Waals surface area contributed by atoms with E-state index in [4.69, 9.17) is 4.74 Å². The maximum absolute atomic E-state index is 5.86. The smallest absolute Gasteiger partial charge is 0.0593 e. The summed E-state index contributed by atoms with van der Waals surface area (Å²) < 4.78 is 5.86. The molecule has 1 saturated carbocycles. The fraction of sp³-hybridized carbons (Fsp3) is 1.00. The van der Waals surface area contributed by atoms with E-state index >= 15 is 0 Å². The van der Waals surface area contributed by atoms with Crippen molar-refractivity contribution < 1.29 is 4.74 Å². The van der Waals surface area contributed by atoms with E-state index in [9.17, 15) is 0 Å². The van der Waals surface area contributed by atoms with Crippen LogP contribution >= 0.6 is 0 Å². The Morgan fingerprint density at radius 1 is 1.29 bits per heavy atom. The monoisotopic (exact) mass is 296 g/mol. The summed E-state index contributed by atoms with van der Waals surface area (Å²) in [5.41, 5.74) is 0.349. The van der Waals surface area contributed by atoms with Crippen LogP contribution in [-0.2, 0) is 4.74 Å². The quantitative estimate of drug-likeness (QED) is 0.661. The van der Waals surface area contributed by atoms with Gasteiger partial charge in [0.15, 0.2) is 0 Å². The Labute approximate surface area is 131 Å². The van der Waals surface area contributed by atoms with Crippen molar-refractivity contribution in [1.82, 2.24) is 10.2 Å². The van der Waals surface area contributed by atoms with E-state index in [1.165, 1.54) is 38.6 Å². The lowest BCUT2D eigenvalue weighted by Crippen LogP contribution is -2.64. The van der Waals surface area contributed by atoms with Gasteiger partial charge in [0, 0.05) is 37.8 Å². The van der Waals surface area contributed by atoms with Gasteiger partial charge in [0.2, 0.25) is 0 Å². The van der Waals surface area contributed by atoms with E-state index in [-0.39, 0.29) is 0 Å². The Morgan fingerprint density at radius 2 is 2.05 bits per heavy atom. The summed E-state index contributed by atoms with van der Waals surface area (Å²) in [6.07, 6.45) is 6.60. The minimum atomic E-state index is 0.349. The highest BCUT2D eigenvalue weighted by Gasteiger charge is 2.45. The molecule has 2 atom stereocenters. The second kappa shape index (κ2) is 7.94. The summed E-state index contributed by atoms with van der Waals surface area (Å²) in [4.78, 5) is 2.70. The molecule has 1 N–H and O–H groups in total. The fourth-order valence-corrected chi connectivity index (χ4v) is 3.56. The van der Waals surface area contributed by atoms with E-state index in [0.717, 1.165) is 38.1 Å². The van der Waals surface area contributed by atoms with Gasteiger partial charge in [-0.15, -0.1) is 0 Å². The molecule has 2 aliphatic rings. The Morgan fingerprint density at radius 3 is 2.67 bits per heavy atom. The molecule has 1 aliphatic carbocycles. The fourth-order valence-electron chi connectivity index (χ4n) is 3.56. The standard InChI is InChI=1S/C18H36N2O/c1-5-6-17-13-19-18(4,16-7-8-16)14-20(17)10-12-21-11-9-15(2)3/h15-17,19H,5-14H2,1-4H3. The van der Waals surface area contributed by atoms with Crippen molar-refractivity contribution in [3.8, 4) is 0 Å². The Bertz CT molecular complexity index is 304. The van der Waals surface area contributed by atoms with Crippen LogP contribution in [-0.4, -0.2) is 49.3 Å². The molecule has 2 unspecified atom stereocenters. The molecule has 0 aromatic heterocycles.